The number of halogens is 1. The number of hydrogen-bond acceptors (Lipinski definition) is 5. The third-order valence-corrected chi connectivity index (χ3v) is 3.29. The Morgan fingerprint density at radius 3 is 2.36 bits per heavy atom. The highest BCUT2D eigenvalue weighted by Crippen LogP contribution is 2.25. The first-order chi connectivity index (χ1) is 10.5. The van der Waals surface area contributed by atoms with Gasteiger partial charge in [0.05, 0.1) is 11.9 Å². The van der Waals surface area contributed by atoms with Gasteiger partial charge < -0.3 is 5.11 Å². The van der Waals surface area contributed by atoms with E-state index in [-0.39, 0.29) is 5.88 Å². The monoisotopic (exact) mass is 315 g/mol. The second-order valence-corrected chi connectivity index (χ2v) is 5.29. The van der Waals surface area contributed by atoms with E-state index in [4.69, 9.17) is 11.6 Å². The van der Waals surface area contributed by atoms with Crippen LogP contribution in [0, 0.1) is 13.8 Å². The van der Waals surface area contributed by atoms with Gasteiger partial charge in [-0.3, -0.25) is 5.32 Å². The molecule has 0 saturated heterocycles. The van der Waals surface area contributed by atoms with Gasteiger partial charge in [-0.25, -0.2) is 19.5 Å². The van der Waals surface area contributed by atoms with Gasteiger partial charge >= 0.3 is 0 Å². The summed E-state index contributed by atoms with van der Waals surface area (Å²) in [5.74, 6) is 0.859. The highest BCUT2D eigenvalue weighted by molar-refractivity contribution is 6.30. The Bertz CT molecular complexity index is 793. The lowest BCUT2D eigenvalue weighted by atomic mass is 10.3. The van der Waals surface area contributed by atoms with E-state index < -0.39 is 0 Å². The standard InChI is InChI=1S/C15H14ClN5O/c1-9-7-10(2)19-14(18-9)20-15-17-8-13(22)21(15)12-5-3-11(16)4-6-12/h3-8,22H,1-2H3,(H,17,18,19,20). The molecule has 0 spiro atoms. The summed E-state index contributed by atoms with van der Waals surface area (Å²) < 4.78 is 1.55. The molecule has 0 saturated carbocycles. The number of nitrogens with one attached hydrogen (secondary N) is 1. The molecule has 6 nitrogen and oxygen atoms in total. The van der Waals surface area contributed by atoms with Crippen molar-refractivity contribution in [2.75, 3.05) is 5.32 Å². The number of hydrogen-bond donors (Lipinski definition) is 2. The first-order valence-corrected chi connectivity index (χ1v) is 7.02. The largest absolute Gasteiger partial charge is 0.493 e. The third-order valence-electron chi connectivity index (χ3n) is 3.03. The Balaban J connectivity index is 2.00. The molecule has 0 aliphatic carbocycles. The van der Waals surface area contributed by atoms with Crippen molar-refractivity contribution >= 4 is 23.5 Å². The second kappa shape index (κ2) is 5.65. The maximum absolute atomic E-state index is 10.0. The molecule has 3 aromatic rings. The first kappa shape index (κ1) is 14.3. The fraction of sp³-hybridized carbons (Fsp3) is 0.133. The molecular formula is C15H14ClN5O. The lowest BCUT2D eigenvalue weighted by Crippen LogP contribution is -2.05. The van der Waals surface area contributed by atoms with Crippen LogP contribution >= 0.6 is 11.6 Å². The molecule has 1 aromatic carbocycles. The highest BCUT2D eigenvalue weighted by atomic mass is 35.5. The molecule has 0 aliphatic rings. The molecule has 2 N–H and O–H groups in total. The minimum absolute atomic E-state index is 0.00852. The van der Waals surface area contributed by atoms with E-state index in [9.17, 15) is 5.11 Å². The van der Waals surface area contributed by atoms with Crippen LogP contribution in [0.15, 0.2) is 36.5 Å². The summed E-state index contributed by atoms with van der Waals surface area (Å²) in [4.78, 5) is 12.8. The summed E-state index contributed by atoms with van der Waals surface area (Å²) in [6, 6.07) is 8.95. The fourth-order valence-electron chi connectivity index (χ4n) is 2.16. The number of rotatable bonds is 3. The zero-order valence-corrected chi connectivity index (χ0v) is 12.8. The predicted octanol–water partition coefficient (Wildman–Crippen LogP) is 3.38. The van der Waals surface area contributed by atoms with Crippen LogP contribution < -0.4 is 5.32 Å². The van der Waals surface area contributed by atoms with Crippen LogP contribution in [-0.2, 0) is 0 Å². The Morgan fingerprint density at radius 2 is 1.73 bits per heavy atom. The Kier molecular flexibility index (Phi) is 3.68. The van der Waals surface area contributed by atoms with Crippen LogP contribution in [0.4, 0.5) is 11.9 Å². The molecule has 0 radical (unpaired) electrons. The normalized spacial score (nSPS) is 10.7. The van der Waals surface area contributed by atoms with Crippen molar-refractivity contribution in [3.8, 4) is 11.6 Å². The van der Waals surface area contributed by atoms with Crippen LogP contribution in [0.2, 0.25) is 5.02 Å². The van der Waals surface area contributed by atoms with E-state index >= 15 is 0 Å². The van der Waals surface area contributed by atoms with Crippen molar-refractivity contribution in [2.45, 2.75) is 13.8 Å². The van der Waals surface area contributed by atoms with Crippen LogP contribution in [0.1, 0.15) is 11.4 Å². The van der Waals surface area contributed by atoms with Crippen molar-refractivity contribution < 1.29 is 5.11 Å². The smallest absolute Gasteiger partial charge is 0.229 e. The summed E-state index contributed by atoms with van der Waals surface area (Å²) in [6.07, 6.45) is 1.36. The molecule has 3 rings (SSSR count). The van der Waals surface area contributed by atoms with Gasteiger partial charge in [0.15, 0.2) is 0 Å². The van der Waals surface area contributed by atoms with Crippen molar-refractivity contribution in [2.24, 2.45) is 0 Å². The number of imidazole rings is 1. The number of aromatic hydroxyl groups is 1. The maximum atomic E-state index is 10.0. The second-order valence-electron chi connectivity index (χ2n) is 4.85. The number of anilines is 2. The van der Waals surface area contributed by atoms with Gasteiger partial charge in [0.1, 0.15) is 0 Å². The van der Waals surface area contributed by atoms with Crippen molar-refractivity contribution in [3.63, 3.8) is 0 Å². The molecule has 0 unspecified atom stereocenters. The molecule has 2 heterocycles. The summed E-state index contributed by atoms with van der Waals surface area (Å²) in [6.45, 7) is 3.78. The van der Waals surface area contributed by atoms with Crippen molar-refractivity contribution in [1.29, 1.82) is 0 Å². The fourth-order valence-corrected chi connectivity index (χ4v) is 2.28. The van der Waals surface area contributed by atoms with Crippen LogP contribution in [-0.4, -0.2) is 24.6 Å². The third kappa shape index (κ3) is 2.87. The van der Waals surface area contributed by atoms with E-state index in [0.29, 0.717) is 16.9 Å². The van der Waals surface area contributed by atoms with Crippen molar-refractivity contribution in [1.82, 2.24) is 19.5 Å². The minimum atomic E-state index is 0.00852. The number of nitrogens with zero attached hydrogens (tertiary/aromatic N) is 4. The molecule has 2 aromatic heterocycles. The summed E-state index contributed by atoms with van der Waals surface area (Å²) in [5, 5.41) is 13.7. The van der Waals surface area contributed by atoms with Crippen LogP contribution in [0.3, 0.4) is 0 Å². The van der Waals surface area contributed by atoms with Gasteiger partial charge in [-0.1, -0.05) is 11.6 Å². The Labute approximate surface area is 132 Å². The van der Waals surface area contributed by atoms with E-state index in [2.05, 4.69) is 20.3 Å². The number of aromatic nitrogens is 4. The lowest BCUT2D eigenvalue weighted by Gasteiger charge is -2.10. The molecular weight excluding hydrogens is 302 g/mol. The quantitative estimate of drug-likeness (QED) is 0.775. The van der Waals surface area contributed by atoms with Gasteiger partial charge in [-0.05, 0) is 44.2 Å². The van der Waals surface area contributed by atoms with E-state index in [0.717, 1.165) is 17.1 Å². The Morgan fingerprint density at radius 1 is 1.09 bits per heavy atom. The number of benzene rings is 1. The topological polar surface area (TPSA) is 75.9 Å². The SMILES string of the molecule is Cc1cc(C)nc(Nc2ncc(O)n2-c2ccc(Cl)cc2)n1. The summed E-state index contributed by atoms with van der Waals surface area (Å²) >= 11 is 5.89. The molecule has 0 amide bonds. The van der Waals surface area contributed by atoms with Gasteiger partial charge in [-0.2, -0.15) is 0 Å². The molecule has 22 heavy (non-hydrogen) atoms. The molecule has 112 valence electrons. The number of aryl methyl sites for hydroxylation is 2. The van der Waals surface area contributed by atoms with E-state index in [1.54, 1.807) is 28.8 Å². The van der Waals surface area contributed by atoms with Gasteiger partial charge in [0.2, 0.25) is 17.8 Å². The van der Waals surface area contributed by atoms with E-state index in [1.807, 2.05) is 19.9 Å². The van der Waals surface area contributed by atoms with E-state index in [1.165, 1.54) is 6.20 Å². The molecule has 0 fully saturated rings. The van der Waals surface area contributed by atoms with Crippen molar-refractivity contribution in [3.05, 3.63) is 52.9 Å². The lowest BCUT2D eigenvalue weighted by molar-refractivity contribution is 0.443. The summed E-state index contributed by atoms with van der Waals surface area (Å²) in [5.41, 5.74) is 2.43. The van der Waals surface area contributed by atoms with Gasteiger partial charge in [-0.15, -0.1) is 0 Å². The zero-order valence-electron chi connectivity index (χ0n) is 12.1. The first-order valence-electron chi connectivity index (χ1n) is 6.65. The maximum Gasteiger partial charge on any atom is 0.229 e. The Hall–Kier alpha value is -2.60. The average Bonchev–Trinajstić information content (AvgIpc) is 2.80. The van der Waals surface area contributed by atoms with Crippen LogP contribution in [0.25, 0.3) is 5.69 Å². The zero-order chi connectivity index (χ0) is 15.7. The van der Waals surface area contributed by atoms with Crippen LogP contribution in [0.5, 0.6) is 5.88 Å². The molecule has 7 heteroatoms. The molecule has 0 aliphatic heterocycles. The predicted molar refractivity (Wildman–Crippen MR) is 85.0 cm³/mol. The summed E-state index contributed by atoms with van der Waals surface area (Å²) in [7, 11) is 0. The van der Waals surface area contributed by atoms with Gasteiger partial charge in [0.25, 0.3) is 0 Å². The molecule has 0 atom stereocenters. The molecule has 0 bridgehead atoms. The van der Waals surface area contributed by atoms with Gasteiger partial charge in [0, 0.05) is 16.4 Å². The average molecular weight is 316 g/mol. The minimum Gasteiger partial charge on any atom is -0.493 e. The highest BCUT2D eigenvalue weighted by Gasteiger charge is 2.12.